The Hall–Kier alpha value is -1.30. The van der Waals surface area contributed by atoms with Gasteiger partial charge in [0.15, 0.2) is 0 Å². The number of alkyl halides is 2. The van der Waals surface area contributed by atoms with Crippen molar-refractivity contribution in [1.29, 1.82) is 0 Å². The highest BCUT2D eigenvalue weighted by molar-refractivity contribution is 7.86. The monoisotopic (exact) mass is 260 g/mol. The number of carbonyl (C=O) groups is 1. The van der Waals surface area contributed by atoms with Gasteiger partial charge in [-0.15, -0.1) is 0 Å². The van der Waals surface area contributed by atoms with Gasteiger partial charge in [0.2, 0.25) is 0 Å². The minimum atomic E-state index is -2.76. The summed E-state index contributed by atoms with van der Waals surface area (Å²) in [7, 11) is -1.37. The Morgan fingerprint density at radius 2 is 2.00 bits per heavy atom. The van der Waals surface area contributed by atoms with Gasteiger partial charge in [-0.05, 0) is 31.0 Å². The first kappa shape index (κ1) is 12.2. The fraction of sp³-hybridized carbons (Fsp3) is 0.364. The summed E-state index contributed by atoms with van der Waals surface area (Å²) in [5.41, 5.74) is -0.638. The predicted molar refractivity (Wildman–Crippen MR) is 57.8 cm³/mol. The van der Waals surface area contributed by atoms with Crippen molar-refractivity contribution in [3.63, 3.8) is 0 Å². The third-order valence-corrected chi connectivity index (χ3v) is 4.26. The first-order chi connectivity index (χ1) is 7.99. The quantitative estimate of drug-likeness (QED) is 0.905. The molecule has 2 rings (SSSR count). The number of benzene rings is 1. The molecule has 1 aliphatic rings. The first-order valence-corrected chi connectivity index (χ1v) is 6.27. The third kappa shape index (κ3) is 2.69. The molecule has 3 nitrogen and oxygen atoms in total. The Bertz CT molecular complexity index is 484. The Kier molecular flexibility index (Phi) is 3.24. The maximum Gasteiger partial charge on any atom is 0.335 e. The van der Waals surface area contributed by atoms with E-state index in [-0.39, 0.29) is 15.7 Å². The fourth-order valence-corrected chi connectivity index (χ4v) is 2.91. The zero-order valence-corrected chi connectivity index (χ0v) is 9.55. The topological polar surface area (TPSA) is 54.4 Å². The summed E-state index contributed by atoms with van der Waals surface area (Å²) in [6.07, 6.45) is -1.16. The van der Waals surface area contributed by atoms with Gasteiger partial charge in [0.25, 0.3) is 6.43 Å². The van der Waals surface area contributed by atoms with Gasteiger partial charge in [-0.25, -0.2) is 13.6 Å². The number of hydrogen-bond donors (Lipinski definition) is 1. The highest BCUT2D eigenvalue weighted by Gasteiger charge is 2.30. The molecule has 92 valence electrons. The average Bonchev–Trinajstić information content (AvgIpc) is 3.11. The molecule has 1 saturated carbocycles. The van der Waals surface area contributed by atoms with E-state index in [4.69, 9.17) is 5.11 Å². The summed E-state index contributed by atoms with van der Waals surface area (Å²) in [4.78, 5) is 11.0. The van der Waals surface area contributed by atoms with Crippen LogP contribution in [0.5, 0.6) is 0 Å². The number of carboxylic acids is 1. The standard InChI is InChI=1S/C11H10F2O3S/c12-10(13)6-3-7(11(14)15)5-9(4-6)17(16)8-1-2-8/h3-5,8,10H,1-2H2,(H,14,15). The van der Waals surface area contributed by atoms with Gasteiger partial charge in [-0.1, -0.05) is 0 Å². The number of hydrogen-bond acceptors (Lipinski definition) is 2. The third-order valence-electron chi connectivity index (χ3n) is 2.49. The summed E-state index contributed by atoms with van der Waals surface area (Å²) in [6.45, 7) is 0. The van der Waals surface area contributed by atoms with Gasteiger partial charge in [0.1, 0.15) is 0 Å². The molecule has 1 atom stereocenters. The Labute approximate surface area is 98.9 Å². The molecule has 0 bridgehead atoms. The molecule has 1 N–H and O–H groups in total. The molecule has 17 heavy (non-hydrogen) atoms. The first-order valence-electron chi connectivity index (χ1n) is 5.06. The number of aromatic carboxylic acids is 1. The molecule has 0 radical (unpaired) electrons. The summed E-state index contributed by atoms with van der Waals surface area (Å²) in [5.74, 6) is -1.29. The van der Waals surface area contributed by atoms with Crippen molar-refractivity contribution in [2.75, 3.05) is 0 Å². The number of rotatable bonds is 4. The van der Waals surface area contributed by atoms with E-state index >= 15 is 0 Å². The normalized spacial score (nSPS) is 17.1. The number of halogens is 2. The van der Waals surface area contributed by atoms with Gasteiger partial charge in [-0.3, -0.25) is 4.21 Å². The van der Waals surface area contributed by atoms with Crippen LogP contribution in [0.1, 0.15) is 35.2 Å². The van der Waals surface area contributed by atoms with Gasteiger partial charge >= 0.3 is 5.97 Å². The molecule has 6 heteroatoms. The molecule has 1 fully saturated rings. The highest BCUT2D eigenvalue weighted by Crippen LogP contribution is 2.32. The van der Waals surface area contributed by atoms with Gasteiger partial charge < -0.3 is 5.11 Å². The lowest BCUT2D eigenvalue weighted by atomic mass is 10.1. The van der Waals surface area contributed by atoms with Crippen LogP contribution in [-0.4, -0.2) is 20.5 Å². The summed E-state index contributed by atoms with van der Waals surface area (Å²) < 4.78 is 37.0. The largest absolute Gasteiger partial charge is 0.478 e. The van der Waals surface area contributed by atoms with E-state index in [1.54, 1.807) is 0 Å². The molecule has 0 heterocycles. The lowest BCUT2D eigenvalue weighted by Gasteiger charge is -2.06. The van der Waals surface area contributed by atoms with Gasteiger partial charge in [-0.2, -0.15) is 0 Å². The average molecular weight is 260 g/mol. The van der Waals surface area contributed by atoms with Crippen molar-refractivity contribution >= 4 is 16.8 Å². The van der Waals surface area contributed by atoms with Crippen LogP contribution in [0.4, 0.5) is 8.78 Å². The smallest absolute Gasteiger partial charge is 0.335 e. The van der Waals surface area contributed by atoms with Crippen LogP contribution in [0.25, 0.3) is 0 Å². The molecule has 0 spiro atoms. The molecule has 0 saturated heterocycles. The molecular weight excluding hydrogens is 250 g/mol. The zero-order valence-electron chi connectivity index (χ0n) is 8.73. The molecule has 0 amide bonds. The lowest BCUT2D eigenvalue weighted by molar-refractivity contribution is 0.0696. The van der Waals surface area contributed by atoms with E-state index in [0.717, 1.165) is 25.0 Å². The van der Waals surface area contributed by atoms with E-state index in [9.17, 15) is 17.8 Å². The van der Waals surface area contributed by atoms with Crippen molar-refractivity contribution in [2.24, 2.45) is 0 Å². The van der Waals surface area contributed by atoms with E-state index < -0.39 is 28.8 Å². The second-order valence-corrected chi connectivity index (χ2v) is 5.63. The van der Waals surface area contributed by atoms with Crippen molar-refractivity contribution in [3.8, 4) is 0 Å². The van der Waals surface area contributed by atoms with Crippen molar-refractivity contribution in [1.82, 2.24) is 0 Å². The molecule has 1 unspecified atom stereocenters. The van der Waals surface area contributed by atoms with Crippen LogP contribution in [0.2, 0.25) is 0 Å². The maximum atomic E-state index is 12.6. The zero-order chi connectivity index (χ0) is 12.6. The molecule has 1 aromatic carbocycles. The van der Waals surface area contributed by atoms with Crippen LogP contribution in [0.15, 0.2) is 23.1 Å². The van der Waals surface area contributed by atoms with E-state index in [1.807, 2.05) is 0 Å². The number of carboxylic acid groups (broad SMARTS) is 1. The van der Waals surface area contributed by atoms with Crippen LogP contribution >= 0.6 is 0 Å². The minimum Gasteiger partial charge on any atom is -0.478 e. The van der Waals surface area contributed by atoms with Crippen molar-refractivity contribution in [3.05, 3.63) is 29.3 Å². The second kappa shape index (κ2) is 4.52. The summed E-state index contributed by atoms with van der Waals surface area (Å²) in [5, 5.41) is 8.80. The van der Waals surface area contributed by atoms with E-state index in [1.165, 1.54) is 6.07 Å². The molecule has 1 aromatic rings. The van der Waals surface area contributed by atoms with Crippen LogP contribution in [0.3, 0.4) is 0 Å². The summed E-state index contributed by atoms with van der Waals surface area (Å²) >= 11 is 0. The Morgan fingerprint density at radius 3 is 2.47 bits per heavy atom. The Morgan fingerprint density at radius 1 is 1.35 bits per heavy atom. The molecule has 1 aliphatic carbocycles. The Balaban J connectivity index is 2.43. The molecule has 0 aliphatic heterocycles. The van der Waals surface area contributed by atoms with Crippen LogP contribution < -0.4 is 0 Å². The van der Waals surface area contributed by atoms with Crippen LogP contribution in [-0.2, 0) is 10.8 Å². The fourth-order valence-electron chi connectivity index (χ4n) is 1.46. The highest BCUT2D eigenvalue weighted by atomic mass is 32.2. The summed E-state index contributed by atoms with van der Waals surface area (Å²) in [6, 6.07) is 3.26. The SMILES string of the molecule is O=C(O)c1cc(C(F)F)cc(S(=O)C2CC2)c1. The van der Waals surface area contributed by atoms with Crippen LogP contribution in [0, 0.1) is 0 Å². The van der Waals surface area contributed by atoms with E-state index in [0.29, 0.717) is 0 Å². The minimum absolute atomic E-state index is 0.00966. The van der Waals surface area contributed by atoms with Gasteiger partial charge in [0, 0.05) is 15.7 Å². The van der Waals surface area contributed by atoms with Crippen molar-refractivity contribution < 1.29 is 22.9 Å². The van der Waals surface area contributed by atoms with Gasteiger partial charge in [0.05, 0.1) is 16.4 Å². The predicted octanol–water partition coefficient (Wildman–Crippen LogP) is 2.59. The molecule has 0 aromatic heterocycles. The molecular formula is C11H10F2O3S. The van der Waals surface area contributed by atoms with Crippen molar-refractivity contribution in [2.45, 2.75) is 29.4 Å². The second-order valence-electron chi connectivity index (χ2n) is 3.89. The maximum absolute atomic E-state index is 12.6. The lowest BCUT2D eigenvalue weighted by Crippen LogP contribution is -2.04. The van der Waals surface area contributed by atoms with E-state index in [2.05, 4.69) is 0 Å².